The minimum Gasteiger partial charge on any atom is -0.319 e. The number of benzene rings is 1. The largest absolute Gasteiger partial charge is 0.319 e. The minimum atomic E-state index is -0.298. The van der Waals surface area contributed by atoms with E-state index in [9.17, 15) is 4.79 Å². The van der Waals surface area contributed by atoms with Crippen molar-refractivity contribution in [2.75, 3.05) is 5.32 Å². The van der Waals surface area contributed by atoms with E-state index in [0.717, 1.165) is 4.47 Å². The number of nitrogens with one attached hydrogen (secondary N) is 1. The van der Waals surface area contributed by atoms with Gasteiger partial charge in [-0.1, -0.05) is 39.1 Å². The third-order valence-electron chi connectivity index (χ3n) is 2.13. The van der Waals surface area contributed by atoms with Crippen molar-refractivity contribution in [1.29, 1.82) is 0 Å². The molecule has 1 aromatic carbocycles. The van der Waals surface area contributed by atoms with Gasteiger partial charge in [0, 0.05) is 21.3 Å². The van der Waals surface area contributed by atoms with Gasteiger partial charge in [-0.15, -0.1) is 0 Å². The predicted octanol–water partition coefficient (Wildman–Crippen LogP) is 4.40. The lowest BCUT2D eigenvalue weighted by molar-refractivity contribution is 0.102. The van der Waals surface area contributed by atoms with Gasteiger partial charge in [0.2, 0.25) is 0 Å². The minimum absolute atomic E-state index is 0.243. The molecule has 3 nitrogen and oxygen atoms in total. The average molecular weight is 346 g/mol. The lowest BCUT2D eigenvalue weighted by Gasteiger charge is -2.07. The van der Waals surface area contributed by atoms with E-state index in [1.165, 1.54) is 0 Å². The maximum absolute atomic E-state index is 12.0. The normalized spacial score (nSPS) is 10.2. The molecule has 0 aliphatic carbocycles. The second-order valence-corrected chi connectivity index (χ2v) is 5.16. The first-order valence-electron chi connectivity index (χ1n) is 4.94. The van der Waals surface area contributed by atoms with Gasteiger partial charge in [0.15, 0.2) is 5.15 Å². The van der Waals surface area contributed by atoms with Crippen LogP contribution in [0.1, 0.15) is 10.4 Å². The van der Waals surface area contributed by atoms with Crippen molar-refractivity contribution >= 4 is 50.7 Å². The highest BCUT2D eigenvalue weighted by atomic mass is 79.9. The zero-order valence-corrected chi connectivity index (χ0v) is 12.1. The zero-order valence-electron chi connectivity index (χ0n) is 8.95. The predicted molar refractivity (Wildman–Crippen MR) is 76.4 cm³/mol. The lowest BCUT2D eigenvalue weighted by Crippen LogP contribution is -2.12. The molecule has 0 spiro atoms. The van der Waals surface area contributed by atoms with E-state index >= 15 is 0 Å². The molecule has 0 fully saturated rings. The Bertz CT molecular complexity index is 584. The molecule has 0 atom stereocenters. The van der Waals surface area contributed by atoms with Crippen LogP contribution in [0.5, 0.6) is 0 Å². The summed E-state index contributed by atoms with van der Waals surface area (Å²) in [6.45, 7) is 0. The molecule has 0 saturated heterocycles. The van der Waals surface area contributed by atoms with Crippen molar-refractivity contribution in [2.24, 2.45) is 0 Å². The molecule has 2 aromatic rings. The molecule has 6 heteroatoms. The van der Waals surface area contributed by atoms with Gasteiger partial charge >= 0.3 is 0 Å². The van der Waals surface area contributed by atoms with Crippen LogP contribution in [-0.2, 0) is 0 Å². The first-order chi connectivity index (χ1) is 8.56. The van der Waals surface area contributed by atoms with E-state index < -0.39 is 0 Å². The maximum Gasteiger partial charge on any atom is 0.255 e. The van der Waals surface area contributed by atoms with Crippen molar-refractivity contribution < 1.29 is 4.79 Å². The van der Waals surface area contributed by atoms with E-state index in [4.69, 9.17) is 23.2 Å². The quantitative estimate of drug-likeness (QED) is 0.819. The number of rotatable bonds is 2. The third kappa shape index (κ3) is 3.22. The van der Waals surface area contributed by atoms with Crippen LogP contribution < -0.4 is 5.32 Å². The Labute approximate surface area is 122 Å². The summed E-state index contributed by atoms with van der Waals surface area (Å²) in [4.78, 5) is 15.9. The van der Waals surface area contributed by atoms with Crippen molar-refractivity contribution in [1.82, 2.24) is 4.98 Å². The molecule has 2 rings (SSSR count). The fourth-order valence-corrected chi connectivity index (χ4v) is 2.39. The van der Waals surface area contributed by atoms with Crippen LogP contribution in [0.2, 0.25) is 10.2 Å². The topological polar surface area (TPSA) is 42.0 Å². The van der Waals surface area contributed by atoms with Crippen molar-refractivity contribution in [3.05, 3.63) is 56.7 Å². The summed E-state index contributed by atoms with van der Waals surface area (Å²) in [7, 11) is 0. The third-order valence-corrected chi connectivity index (χ3v) is 3.11. The first-order valence-corrected chi connectivity index (χ1v) is 6.49. The van der Waals surface area contributed by atoms with Crippen LogP contribution in [0.3, 0.4) is 0 Å². The molecule has 18 heavy (non-hydrogen) atoms. The van der Waals surface area contributed by atoms with Crippen LogP contribution in [0.15, 0.2) is 41.0 Å². The molecule has 0 saturated carbocycles. The average Bonchev–Trinajstić information content (AvgIpc) is 2.31. The fourth-order valence-electron chi connectivity index (χ4n) is 1.36. The van der Waals surface area contributed by atoms with Gasteiger partial charge in [-0.25, -0.2) is 4.98 Å². The monoisotopic (exact) mass is 344 g/mol. The summed E-state index contributed by atoms with van der Waals surface area (Å²) in [6, 6.07) is 8.31. The molecule has 0 aliphatic rings. The Morgan fingerprint density at radius 1 is 1.28 bits per heavy atom. The fraction of sp³-hybridized carbons (Fsp3) is 0. The number of carbonyl (C=O) groups excluding carboxylic acids is 1. The number of hydrogen-bond donors (Lipinski definition) is 1. The number of hydrogen-bond acceptors (Lipinski definition) is 2. The highest BCUT2D eigenvalue weighted by molar-refractivity contribution is 9.10. The molecule has 0 bridgehead atoms. The first kappa shape index (κ1) is 13.3. The maximum atomic E-state index is 12.0. The number of nitrogens with zero attached hydrogens (tertiary/aromatic N) is 1. The number of pyridine rings is 1. The number of halogens is 3. The zero-order chi connectivity index (χ0) is 13.1. The molecule has 1 amide bonds. The molecular weight excluding hydrogens is 339 g/mol. The molecule has 92 valence electrons. The molecular formula is C12H7BrCl2N2O. The van der Waals surface area contributed by atoms with Crippen LogP contribution in [0, 0.1) is 0 Å². The Balaban J connectivity index is 2.25. The van der Waals surface area contributed by atoms with Crippen LogP contribution in [0.25, 0.3) is 0 Å². The van der Waals surface area contributed by atoms with Gasteiger partial charge in [-0.05, 0) is 30.3 Å². The van der Waals surface area contributed by atoms with Gasteiger partial charge < -0.3 is 5.32 Å². The van der Waals surface area contributed by atoms with Crippen molar-refractivity contribution in [3.8, 4) is 0 Å². The SMILES string of the molecule is O=C(Nc1cccnc1Cl)c1cc(Cl)cc(Br)c1. The Morgan fingerprint density at radius 2 is 2.06 bits per heavy atom. The lowest BCUT2D eigenvalue weighted by atomic mass is 10.2. The van der Waals surface area contributed by atoms with Crippen LogP contribution in [-0.4, -0.2) is 10.9 Å². The molecule has 0 unspecified atom stereocenters. The van der Waals surface area contributed by atoms with E-state index in [0.29, 0.717) is 16.3 Å². The summed E-state index contributed by atoms with van der Waals surface area (Å²) in [5.41, 5.74) is 0.898. The summed E-state index contributed by atoms with van der Waals surface area (Å²) in [5, 5.41) is 3.39. The summed E-state index contributed by atoms with van der Waals surface area (Å²) in [5.74, 6) is -0.298. The molecule has 1 heterocycles. The van der Waals surface area contributed by atoms with E-state index in [2.05, 4.69) is 26.2 Å². The Morgan fingerprint density at radius 3 is 2.72 bits per heavy atom. The summed E-state index contributed by atoms with van der Waals surface area (Å²) in [6.07, 6.45) is 1.55. The standard InChI is InChI=1S/C12H7BrCl2N2O/c13-8-4-7(5-9(14)6-8)12(18)17-10-2-1-3-16-11(10)15/h1-6H,(H,17,18). The molecule has 1 N–H and O–H groups in total. The number of aromatic nitrogens is 1. The smallest absolute Gasteiger partial charge is 0.255 e. The van der Waals surface area contributed by atoms with E-state index in [1.54, 1.807) is 36.5 Å². The molecule has 0 aliphatic heterocycles. The van der Waals surface area contributed by atoms with Crippen LogP contribution >= 0.6 is 39.1 Å². The second kappa shape index (κ2) is 5.69. The Kier molecular flexibility index (Phi) is 4.22. The number of anilines is 1. The highest BCUT2D eigenvalue weighted by Crippen LogP contribution is 2.22. The van der Waals surface area contributed by atoms with Crippen molar-refractivity contribution in [2.45, 2.75) is 0 Å². The summed E-state index contributed by atoms with van der Waals surface area (Å²) < 4.78 is 0.734. The van der Waals surface area contributed by atoms with E-state index in [1.807, 2.05) is 0 Å². The van der Waals surface area contributed by atoms with Gasteiger partial charge in [-0.3, -0.25) is 4.79 Å². The van der Waals surface area contributed by atoms with Gasteiger partial charge in [-0.2, -0.15) is 0 Å². The summed E-state index contributed by atoms with van der Waals surface area (Å²) >= 11 is 15.0. The molecule has 0 radical (unpaired) electrons. The second-order valence-electron chi connectivity index (χ2n) is 3.45. The van der Waals surface area contributed by atoms with E-state index in [-0.39, 0.29) is 11.1 Å². The van der Waals surface area contributed by atoms with Crippen molar-refractivity contribution in [3.63, 3.8) is 0 Å². The van der Waals surface area contributed by atoms with Gasteiger partial charge in [0.05, 0.1) is 5.69 Å². The van der Waals surface area contributed by atoms with Gasteiger partial charge in [0.1, 0.15) is 0 Å². The van der Waals surface area contributed by atoms with Crippen LogP contribution in [0.4, 0.5) is 5.69 Å². The highest BCUT2D eigenvalue weighted by Gasteiger charge is 2.10. The molecule has 1 aromatic heterocycles. The Hall–Kier alpha value is -1.10. The number of carbonyl (C=O) groups is 1. The van der Waals surface area contributed by atoms with Gasteiger partial charge in [0.25, 0.3) is 5.91 Å². The number of amides is 1.